The van der Waals surface area contributed by atoms with Crippen molar-refractivity contribution in [2.75, 3.05) is 20.2 Å². The summed E-state index contributed by atoms with van der Waals surface area (Å²) in [4.78, 5) is 0. The fourth-order valence-electron chi connectivity index (χ4n) is 1.70. The van der Waals surface area contributed by atoms with E-state index >= 15 is 0 Å². The maximum Gasteiger partial charge on any atom is 0.0832 e. The van der Waals surface area contributed by atoms with Crippen molar-refractivity contribution in [1.29, 1.82) is 0 Å². The highest BCUT2D eigenvalue weighted by Gasteiger charge is 2.34. The molecule has 0 spiro atoms. The molecule has 1 saturated heterocycles. The largest absolute Gasteiger partial charge is 0.380 e. The highest BCUT2D eigenvalue weighted by molar-refractivity contribution is 4.79. The van der Waals surface area contributed by atoms with E-state index in [1.165, 1.54) is 19.5 Å². The van der Waals surface area contributed by atoms with Gasteiger partial charge < -0.3 is 10.1 Å². The average molecular weight is 144 g/mol. The average Bonchev–Trinajstić information content (AvgIpc) is 1.87. The molecule has 1 fully saturated rings. The summed E-state index contributed by atoms with van der Waals surface area (Å²) < 4.78 is 5.39. The summed E-state index contributed by atoms with van der Waals surface area (Å²) in [6.07, 6.45) is 1.67. The van der Waals surface area contributed by atoms with Gasteiger partial charge in [-0.05, 0) is 0 Å². The van der Waals surface area contributed by atoms with Gasteiger partial charge in [0.25, 0.3) is 0 Å². The van der Waals surface area contributed by atoms with Crippen molar-refractivity contribution in [2.45, 2.75) is 26.4 Å². The zero-order chi connectivity index (χ0) is 7.61. The lowest BCUT2D eigenvalue weighted by molar-refractivity contribution is -0.679. The molecule has 1 atom stereocenters. The van der Waals surface area contributed by atoms with E-state index in [9.17, 15) is 0 Å². The SMILES string of the molecule is CO[C@@H]1CC[NH2+]CC1(C)C. The first-order valence-electron chi connectivity index (χ1n) is 4.01. The van der Waals surface area contributed by atoms with Gasteiger partial charge in [-0.1, -0.05) is 13.8 Å². The van der Waals surface area contributed by atoms with Gasteiger partial charge in [0.15, 0.2) is 0 Å². The maximum atomic E-state index is 5.39. The Morgan fingerprint density at radius 2 is 2.20 bits per heavy atom. The van der Waals surface area contributed by atoms with Crippen LogP contribution in [0.2, 0.25) is 0 Å². The van der Waals surface area contributed by atoms with Crippen LogP contribution in [0.4, 0.5) is 0 Å². The second-order valence-corrected chi connectivity index (χ2v) is 3.78. The van der Waals surface area contributed by atoms with Crippen molar-refractivity contribution in [3.63, 3.8) is 0 Å². The second kappa shape index (κ2) is 2.89. The van der Waals surface area contributed by atoms with Crippen LogP contribution < -0.4 is 5.32 Å². The van der Waals surface area contributed by atoms with Crippen LogP contribution >= 0.6 is 0 Å². The minimum absolute atomic E-state index is 0.368. The van der Waals surface area contributed by atoms with E-state index in [1.807, 2.05) is 7.11 Å². The molecule has 1 rings (SSSR count). The van der Waals surface area contributed by atoms with Gasteiger partial charge in [0.2, 0.25) is 0 Å². The van der Waals surface area contributed by atoms with E-state index in [4.69, 9.17) is 4.74 Å². The highest BCUT2D eigenvalue weighted by Crippen LogP contribution is 2.24. The molecule has 2 heteroatoms. The van der Waals surface area contributed by atoms with Gasteiger partial charge >= 0.3 is 0 Å². The van der Waals surface area contributed by atoms with E-state index in [1.54, 1.807) is 0 Å². The smallest absolute Gasteiger partial charge is 0.0832 e. The minimum Gasteiger partial charge on any atom is -0.380 e. The fourth-order valence-corrected chi connectivity index (χ4v) is 1.70. The predicted octanol–water partition coefficient (Wildman–Crippen LogP) is -0.00530. The summed E-state index contributed by atoms with van der Waals surface area (Å²) in [7, 11) is 1.82. The van der Waals surface area contributed by atoms with Gasteiger partial charge in [0.05, 0.1) is 19.2 Å². The molecule has 60 valence electrons. The number of hydrogen-bond acceptors (Lipinski definition) is 1. The van der Waals surface area contributed by atoms with Crippen molar-refractivity contribution in [1.82, 2.24) is 0 Å². The van der Waals surface area contributed by atoms with Crippen molar-refractivity contribution in [3.05, 3.63) is 0 Å². The third-order valence-electron chi connectivity index (χ3n) is 2.46. The second-order valence-electron chi connectivity index (χ2n) is 3.78. The summed E-state index contributed by atoms with van der Waals surface area (Å²) in [5.74, 6) is 0. The van der Waals surface area contributed by atoms with Gasteiger partial charge in [-0.15, -0.1) is 0 Å². The van der Waals surface area contributed by atoms with E-state index in [0.717, 1.165) is 0 Å². The highest BCUT2D eigenvalue weighted by atomic mass is 16.5. The molecule has 2 N–H and O–H groups in total. The number of methoxy groups -OCH3 is 1. The molecule has 0 aromatic carbocycles. The first kappa shape index (κ1) is 8.02. The predicted molar refractivity (Wildman–Crippen MR) is 40.9 cm³/mol. The summed E-state index contributed by atoms with van der Waals surface area (Å²) in [6.45, 7) is 6.97. The summed E-state index contributed by atoms with van der Waals surface area (Å²) in [6, 6.07) is 0. The standard InChI is InChI=1S/C8H17NO/c1-8(2)6-9-5-4-7(8)10-3/h7,9H,4-6H2,1-3H3/p+1/t7-/m1/s1. The zero-order valence-corrected chi connectivity index (χ0v) is 7.18. The fraction of sp³-hybridized carbons (Fsp3) is 1.00. The molecular weight excluding hydrogens is 126 g/mol. The van der Waals surface area contributed by atoms with E-state index < -0.39 is 0 Å². The Morgan fingerprint density at radius 1 is 1.50 bits per heavy atom. The van der Waals surface area contributed by atoms with Crippen LogP contribution in [-0.2, 0) is 4.74 Å². The molecular formula is C8H18NO+. The molecule has 0 saturated carbocycles. The molecule has 1 heterocycles. The maximum absolute atomic E-state index is 5.39. The third-order valence-corrected chi connectivity index (χ3v) is 2.46. The van der Waals surface area contributed by atoms with Crippen molar-refractivity contribution < 1.29 is 10.1 Å². The Labute approximate surface area is 63.0 Å². The van der Waals surface area contributed by atoms with Gasteiger partial charge in [-0.25, -0.2) is 0 Å². The molecule has 0 unspecified atom stereocenters. The van der Waals surface area contributed by atoms with Crippen LogP contribution in [-0.4, -0.2) is 26.3 Å². The van der Waals surface area contributed by atoms with E-state index in [0.29, 0.717) is 11.5 Å². The topological polar surface area (TPSA) is 25.8 Å². The Hall–Kier alpha value is -0.0800. The third kappa shape index (κ3) is 1.50. The minimum atomic E-state index is 0.368. The lowest BCUT2D eigenvalue weighted by atomic mass is 9.82. The number of ether oxygens (including phenoxy) is 1. The molecule has 0 amide bonds. The van der Waals surface area contributed by atoms with Gasteiger partial charge in [-0.2, -0.15) is 0 Å². The Bertz CT molecular complexity index is 112. The van der Waals surface area contributed by atoms with E-state index in [2.05, 4.69) is 19.2 Å². The zero-order valence-electron chi connectivity index (χ0n) is 7.18. The number of quaternary nitrogens is 1. The number of piperidine rings is 1. The molecule has 0 aromatic heterocycles. The summed E-state index contributed by atoms with van der Waals surface area (Å²) in [5, 5.41) is 2.37. The van der Waals surface area contributed by atoms with E-state index in [-0.39, 0.29) is 0 Å². The lowest BCUT2D eigenvalue weighted by Crippen LogP contribution is -2.90. The Kier molecular flexibility index (Phi) is 2.32. The molecule has 0 radical (unpaired) electrons. The molecule has 10 heavy (non-hydrogen) atoms. The Morgan fingerprint density at radius 3 is 2.60 bits per heavy atom. The molecule has 0 aliphatic carbocycles. The lowest BCUT2D eigenvalue weighted by Gasteiger charge is -2.35. The first-order valence-corrected chi connectivity index (χ1v) is 4.01. The van der Waals surface area contributed by atoms with Gasteiger partial charge in [0.1, 0.15) is 0 Å². The number of rotatable bonds is 1. The van der Waals surface area contributed by atoms with Crippen LogP contribution in [0.3, 0.4) is 0 Å². The van der Waals surface area contributed by atoms with Crippen molar-refractivity contribution in [2.24, 2.45) is 5.41 Å². The van der Waals surface area contributed by atoms with Crippen LogP contribution in [0.5, 0.6) is 0 Å². The van der Waals surface area contributed by atoms with Gasteiger partial charge in [-0.3, -0.25) is 0 Å². The van der Waals surface area contributed by atoms with Crippen LogP contribution in [0.1, 0.15) is 20.3 Å². The summed E-state index contributed by atoms with van der Waals surface area (Å²) >= 11 is 0. The molecule has 1 aliphatic heterocycles. The van der Waals surface area contributed by atoms with Gasteiger partial charge in [0, 0.05) is 18.9 Å². The first-order chi connectivity index (χ1) is 4.67. The summed E-state index contributed by atoms with van der Waals surface area (Å²) in [5.41, 5.74) is 0.368. The van der Waals surface area contributed by atoms with Crippen LogP contribution in [0.25, 0.3) is 0 Å². The molecule has 0 bridgehead atoms. The quantitative estimate of drug-likeness (QED) is 0.550. The Balaban J connectivity index is 2.51. The molecule has 2 nitrogen and oxygen atoms in total. The van der Waals surface area contributed by atoms with Crippen molar-refractivity contribution in [3.8, 4) is 0 Å². The molecule has 1 aliphatic rings. The van der Waals surface area contributed by atoms with Crippen molar-refractivity contribution >= 4 is 0 Å². The van der Waals surface area contributed by atoms with Crippen LogP contribution in [0.15, 0.2) is 0 Å². The monoisotopic (exact) mass is 144 g/mol. The normalized spacial score (nSPS) is 32.1. The number of hydrogen-bond donors (Lipinski definition) is 1. The number of nitrogens with two attached hydrogens (primary N) is 1. The molecule has 0 aromatic rings. The van der Waals surface area contributed by atoms with Crippen LogP contribution in [0, 0.1) is 5.41 Å².